The van der Waals surface area contributed by atoms with Crippen molar-refractivity contribution >= 4 is 17.0 Å². The number of hydrogen-bond donors (Lipinski definition) is 2. The van der Waals surface area contributed by atoms with E-state index in [-0.39, 0.29) is 0 Å². The van der Waals surface area contributed by atoms with Gasteiger partial charge >= 0.3 is 0 Å². The monoisotopic (exact) mass is 177 g/mol. The number of aromatic nitrogens is 2. The zero-order chi connectivity index (χ0) is 9.42. The van der Waals surface area contributed by atoms with Crippen molar-refractivity contribution in [1.82, 2.24) is 9.97 Å². The average molecular weight is 177 g/mol. The van der Waals surface area contributed by atoms with E-state index >= 15 is 0 Å². The molecule has 2 aromatic rings. The maximum atomic E-state index is 5.54. The summed E-state index contributed by atoms with van der Waals surface area (Å²) in [6.07, 6.45) is 0. The van der Waals surface area contributed by atoms with E-state index in [2.05, 4.69) is 9.97 Å². The van der Waals surface area contributed by atoms with Crippen molar-refractivity contribution in [2.75, 3.05) is 12.8 Å². The molecule has 0 aliphatic rings. The van der Waals surface area contributed by atoms with E-state index in [0.29, 0.717) is 5.95 Å². The molecule has 0 radical (unpaired) electrons. The molecule has 13 heavy (non-hydrogen) atoms. The van der Waals surface area contributed by atoms with Crippen LogP contribution in [0.4, 0.5) is 5.95 Å². The minimum atomic E-state index is 0.436. The summed E-state index contributed by atoms with van der Waals surface area (Å²) in [6.45, 7) is 1.98. The Morgan fingerprint density at radius 3 is 2.92 bits per heavy atom. The molecular formula is C9H11N3O. The van der Waals surface area contributed by atoms with Gasteiger partial charge in [0.25, 0.3) is 0 Å². The Kier molecular flexibility index (Phi) is 1.62. The van der Waals surface area contributed by atoms with Crippen molar-refractivity contribution in [3.8, 4) is 5.75 Å². The fourth-order valence-electron chi connectivity index (χ4n) is 1.39. The van der Waals surface area contributed by atoms with Crippen molar-refractivity contribution in [1.29, 1.82) is 0 Å². The summed E-state index contributed by atoms with van der Waals surface area (Å²) in [6, 6.07) is 3.81. The third-order valence-electron chi connectivity index (χ3n) is 2.00. The Balaban J connectivity index is 2.75. The summed E-state index contributed by atoms with van der Waals surface area (Å²) in [5, 5.41) is 0. The quantitative estimate of drug-likeness (QED) is 0.693. The van der Waals surface area contributed by atoms with Gasteiger partial charge in [-0.1, -0.05) is 0 Å². The van der Waals surface area contributed by atoms with Gasteiger partial charge in [0, 0.05) is 6.07 Å². The lowest BCUT2D eigenvalue weighted by Crippen LogP contribution is -1.84. The van der Waals surface area contributed by atoms with Gasteiger partial charge in [-0.2, -0.15) is 0 Å². The maximum absolute atomic E-state index is 5.54. The molecule has 3 N–H and O–H groups in total. The normalized spacial score (nSPS) is 10.6. The lowest BCUT2D eigenvalue weighted by atomic mass is 10.2. The maximum Gasteiger partial charge on any atom is 0.198 e. The Bertz CT molecular complexity index is 447. The topological polar surface area (TPSA) is 63.9 Å². The second-order valence-corrected chi connectivity index (χ2v) is 2.96. The lowest BCUT2D eigenvalue weighted by molar-refractivity contribution is 0.415. The van der Waals surface area contributed by atoms with Gasteiger partial charge in [0.05, 0.1) is 18.1 Å². The van der Waals surface area contributed by atoms with E-state index in [1.165, 1.54) is 0 Å². The molecule has 0 fully saturated rings. The number of H-pyrrole nitrogens is 1. The zero-order valence-electron chi connectivity index (χ0n) is 7.59. The third-order valence-corrected chi connectivity index (χ3v) is 2.00. The lowest BCUT2D eigenvalue weighted by Gasteiger charge is -2.00. The van der Waals surface area contributed by atoms with Crippen molar-refractivity contribution < 1.29 is 4.74 Å². The van der Waals surface area contributed by atoms with Crippen molar-refractivity contribution in [2.24, 2.45) is 0 Å². The van der Waals surface area contributed by atoms with Gasteiger partial charge in [0.15, 0.2) is 5.95 Å². The number of nitrogen functional groups attached to an aromatic ring is 1. The van der Waals surface area contributed by atoms with Crippen molar-refractivity contribution in [3.05, 3.63) is 17.7 Å². The molecule has 68 valence electrons. The molecule has 0 spiro atoms. The number of fused-ring (bicyclic) bond motifs is 1. The number of hydrogen-bond acceptors (Lipinski definition) is 3. The van der Waals surface area contributed by atoms with Crippen LogP contribution < -0.4 is 10.5 Å². The van der Waals surface area contributed by atoms with E-state index in [0.717, 1.165) is 22.3 Å². The molecule has 2 rings (SSSR count). The summed E-state index contributed by atoms with van der Waals surface area (Å²) in [5.41, 5.74) is 8.41. The van der Waals surface area contributed by atoms with Gasteiger partial charge in [-0.05, 0) is 18.6 Å². The van der Waals surface area contributed by atoms with Gasteiger partial charge in [-0.25, -0.2) is 4.98 Å². The molecule has 4 heteroatoms. The molecule has 0 saturated carbocycles. The first kappa shape index (κ1) is 7.91. The van der Waals surface area contributed by atoms with E-state index < -0.39 is 0 Å². The predicted molar refractivity (Wildman–Crippen MR) is 51.8 cm³/mol. The first-order valence-electron chi connectivity index (χ1n) is 4.00. The summed E-state index contributed by atoms with van der Waals surface area (Å²) in [5.74, 6) is 1.25. The fraction of sp³-hybridized carbons (Fsp3) is 0.222. The highest BCUT2D eigenvalue weighted by Crippen LogP contribution is 2.23. The minimum absolute atomic E-state index is 0.436. The van der Waals surface area contributed by atoms with Gasteiger partial charge in [-0.3, -0.25) is 0 Å². The average Bonchev–Trinajstić information content (AvgIpc) is 2.46. The van der Waals surface area contributed by atoms with Crippen LogP contribution in [0.1, 0.15) is 5.56 Å². The van der Waals surface area contributed by atoms with E-state index in [1.54, 1.807) is 7.11 Å². The van der Waals surface area contributed by atoms with Crippen LogP contribution in [0, 0.1) is 6.92 Å². The molecule has 1 aromatic carbocycles. The van der Waals surface area contributed by atoms with Crippen LogP contribution in [0.3, 0.4) is 0 Å². The molecule has 0 aliphatic heterocycles. The van der Waals surface area contributed by atoms with Crippen LogP contribution >= 0.6 is 0 Å². The number of methoxy groups -OCH3 is 1. The predicted octanol–water partition coefficient (Wildman–Crippen LogP) is 1.46. The Morgan fingerprint density at radius 1 is 1.46 bits per heavy atom. The molecule has 1 heterocycles. The third kappa shape index (κ3) is 1.20. The van der Waals surface area contributed by atoms with Crippen molar-refractivity contribution in [2.45, 2.75) is 6.92 Å². The van der Waals surface area contributed by atoms with Gasteiger partial charge in [0.2, 0.25) is 0 Å². The smallest absolute Gasteiger partial charge is 0.198 e. The number of benzene rings is 1. The minimum Gasteiger partial charge on any atom is -0.497 e. The van der Waals surface area contributed by atoms with Crippen LogP contribution in [0.5, 0.6) is 5.75 Å². The Hall–Kier alpha value is -1.71. The number of anilines is 1. The number of rotatable bonds is 1. The second kappa shape index (κ2) is 2.65. The highest BCUT2D eigenvalue weighted by atomic mass is 16.5. The van der Waals surface area contributed by atoms with Crippen LogP contribution in [0.15, 0.2) is 12.1 Å². The van der Waals surface area contributed by atoms with Crippen LogP contribution in [-0.2, 0) is 0 Å². The number of nitrogens with two attached hydrogens (primary N) is 1. The number of imidazole rings is 1. The molecule has 4 nitrogen and oxygen atoms in total. The Morgan fingerprint density at radius 2 is 2.23 bits per heavy atom. The zero-order valence-corrected chi connectivity index (χ0v) is 7.59. The van der Waals surface area contributed by atoms with Crippen molar-refractivity contribution in [3.63, 3.8) is 0 Å². The van der Waals surface area contributed by atoms with Gasteiger partial charge < -0.3 is 15.5 Å². The first-order valence-corrected chi connectivity index (χ1v) is 4.00. The van der Waals surface area contributed by atoms with Crippen LogP contribution in [0.2, 0.25) is 0 Å². The first-order chi connectivity index (χ1) is 6.20. The highest BCUT2D eigenvalue weighted by molar-refractivity contribution is 5.82. The fourth-order valence-corrected chi connectivity index (χ4v) is 1.39. The molecule has 1 aromatic heterocycles. The van der Waals surface area contributed by atoms with Gasteiger partial charge in [0.1, 0.15) is 5.75 Å². The summed E-state index contributed by atoms with van der Waals surface area (Å²) >= 11 is 0. The summed E-state index contributed by atoms with van der Waals surface area (Å²) in [7, 11) is 1.64. The number of ether oxygens (including phenoxy) is 1. The number of nitrogens with zero attached hydrogens (tertiary/aromatic N) is 1. The highest BCUT2D eigenvalue weighted by Gasteiger charge is 2.04. The van der Waals surface area contributed by atoms with E-state index in [1.807, 2.05) is 19.1 Å². The largest absolute Gasteiger partial charge is 0.497 e. The SMILES string of the molecule is COc1cc(C)c2nc(N)[nH]c2c1. The number of aryl methyl sites for hydroxylation is 1. The van der Waals surface area contributed by atoms with E-state index in [4.69, 9.17) is 10.5 Å². The number of nitrogens with one attached hydrogen (secondary N) is 1. The summed E-state index contributed by atoms with van der Waals surface area (Å²) < 4.78 is 5.12. The van der Waals surface area contributed by atoms with E-state index in [9.17, 15) is 0 Å². The molecule has 0 saturated heterocycles. The standard InChI is InChI=1S/C9H11N3O/c1-5-3-6(13-2)4-7-8(5)12-9(10)11-7/h3-4H,1-2H3,(H3,10,11,12). The number of aromatic amines is 1. The Labute approximate surface area is 75.7 Å². The molecule has 0 atom stereocenters. The summed E-state index contributed by atoms with van der Waals surface area (Å²) in [4.78, 5) is 7.12. The molecule has 0 unspecified atom stereocenters. The van der Waals surface area contributed by atoms with Gasteiger partial charge in [-0.15, -0.1) is 0 Å². The second-order valence-electron chi connectivity index (χ2n) is 2.96. The molecule has 0 amide bonds. The van der Waals surface area contributed by atoms with Crippen LogP contribution in [0.25, 0.3) is 11.0 Å². The molecule has 0 bridgehead atoms. The molecule has 0 aliphatic carbocycles. The molecular weight excluding hydrogens is 166 g/mol. The van der Waals surface area contributed by atoms with Crippen LogP contribution in [-0.4, -0.2) is 17.1 Å².